The van der Waals surface area contributed by atoms with Gasteiger partial charge in [-0.25, -0.2) is 0 Å². The van der Waals surface area contributed by atoms with Crippen LogP contribution in [-0.2, 0) is 4.79 Å². The van der Waals surface area contributed by atoms with E-state index < -0.39 is 11.3 Å². The van der Waals surface area contributed by atoms with Crippen LogP contribution in [0.2, 0.25) is 0 Å². The van der Waals surface area contributed by atoms with E-state index in [0.29, 0.717) is 12.1 Å². The van der Waals surface area contributed by atoms with Crippen LogP contribution in [-0.4, -0.2) is 22.4 Å². The van der Waals surface area contributed by atoms with Gasteiger partial charge in [-0.3, -0.25) is 4.68 Å². The number of ether oxygens (including phenoxy) is 1. The molecule has 18 heavy (non-hydrogen) atoms. The summed E-state index contributed by atoms with van der Waals surface area (Å²) in [6.45, 7) is 2.47. The first-order valence-electron chi connectivity index (χ1n) is 5.12. The largest absolute Gasteiger partial charge is 1.00 e. The molecule has 0 saturated carbocycles. The van der Waals surface area contributed by atoms with Gasteiger partial charge >= 0.3 is 51.4 Å². The van der Waals surface area contributed by atoms with Crippen LogP contribution in [0.4, 0.5) is 0 Å². The van der Waals surface area contributed by atoms with Crippen LogP contribution in [0.3, 0.4) is 0 Å². The molecule has 1 heterocycles. The molecule has 1 aromatic carbocycles. The third-order valence-corrected chi connectivity index (χ3v) is 2.71. The van der Waals surface area contributed by atoms with Gasteiger partial charge < -0.3 is 14.6 Å². The summed E-state index contributed by atoms with van der Waals surface area (Å²) in [5.74, 6) is -0.560. The maximum atomic E-state index is 10.7. The molecular formula is C11H11KN2O3S. The van der Waals surface area contributed by atoms with Crippen molar-refractivity contribution >= 4 is 29.5 Å². The summed E-state index contributed by atoms with van der Waals surface area (Å²) < 4.78 is 6.60. The zero-order valence-electron chi connectivity index (χ0n) is 10.2. The summed E-state index contributed by atoms with van der Waals surface area (Å²) in [7, 11) is 0. The molecule has 90 valence electrons. The van der Waals surface area contributed by atoms with Gasteiger partial charge in [-0.2, -0.15) is 5.10 Å². The molecule has 0 aliphatic carbocycles. The number of carbonyl (C=O) groups excluding carboxylic acids is 1. The van der Waals surface area contributed by atoms with Crippen molar-refractivity contribution in [1.82, 2.24) is 9.78 Å². The first-order valence-corrected chi connectivity index (χ1v) is 5.64. The van der Waals surface area contributed by atoms with E-state index in [1.807, 2.05) is 6.92 Å². The van der Waals surface area contributed by atoms with Crippen LogP contribution in [0.5, 0.6) is 5.75 Å². The molecule has 2 aromatic rings. The Morgan fingerprint density at radius 1 is 1.61 bits per heavy atom. The van der Waals surface area contributed by atoms with E-state index in [9.17, 15) is 9.90 Å². The third-order valence-electron chi connectivity index (χ3n) is 2.27. The van der Waals surface area contributed by atoms with E-state index >= 15 is 0 Å². The molecule has 0 fully saturated rings. The van der Waals surface area contributed by atoms with Crippen LogP contribution in [0.1, 0.15) is 12.3 Å². The fourth-order valence-electron chi connectivity index (χ4n) is 1.51. The first-order chi connectivity index (χ1) is 8.11. The molecule has 7 heteroatoms. The van der Waals surface area contributed by atoms with Crippen LogP contribution >= 0.6 is 12.6 Å². The summed E-state index contributed by atoms with van der Waals surface area (Å²) in [5.41, 5.74) is 0.689. The van der Waals surface area contributed by atoms with Crippen molar-refractivity contribution in [1.29, 1.82) is 0 Å². The fraction of sp³-hybridized carbons (Fsp3) is 0.273. The summed E-state index contributed by atoms with van der Waals surface area (Å²) in [5, 5.41) is 14.5. The number of rotatable bonds is 4. The Labute approximate surface area is 152 Å². The minimum absolute atomic E-state index is 0. The Bertz CT molecular complexity index is 558. The van der Waals surface area contributed by atoms with E-state index in [2.05, 4.69) is 17.7 Å². The minimum Gasteiger partial charge on any atom is -0.547 e. The molecule has 1 unspecified atom stereocenters. The van der Waals surface area contributed by atoms with Crippen LogP contribution in [0, 0.1) is 0 Å². The Morgan fingerprint density at radius 2 is 2.33 bits per heavy atom. The van der Waals surface area contributed by atoms with Crippen molar-refractivity contribution < 1.29 is 66.0 Å². The summed E-state index contributed by atoms with van der Waals surface area (Å²) in [6, 6.07) is 5.36. The number of carboxylic acid groups (broad SMARTS) is 1. The van der Waals surface area contributed by atoms with Gasteiger partial charge in [0.2, 0.25) is 0 Å². The smallest absolute Gasteiger partial charge is 0.547 e. The molecule has 0 spiro atoms. The molecule has 1 aromatic heterocycles. The third kappa shape index (κ3) is 3.49. The van der Waals surface area contributed by atoms with E-state index in [4.69, 9.17) is 4.74 Å². The normalized spacial score (nSPS) is 11.9. The number of carboxylic acids is 1. The summed E-state index contributed by atoms with van der Waals surface area (Å²) in [6.07, 6.45) is 1.60. The maximum Gasteiger partial charge on any atom is 1.00 e. The number of hydrogen-bond acceptors (Lipinski definition) is 5. The van der Waals surface area contributed by atoms with Gasteiger partial charge in [0, 0.05) is 11.6 Å². The molecule has 0 aliphatic heterocycles. The second kappa shape index (κ2) is 6.92. The number of aliphatic carboxylic acids is 1. The summed E-state index contributed by atoms with van der Waals surface area (Å²) >= 11 is 3.90. The predicted molar refractivity (Wildman–Crippen MR) is 63.9 cm³/mol. The predicted octanol–water partition coefficient (Wildman–Crippen LogP) is -2.38. The average molecular weight is 290 g/mol. The number of carbonyl (C=O) groups is 1. The zero-order chi connectivity index (χ0) is 12.4. The van der Waals surface area contributed by atoms with E-state index in [-0.39, 0.29) is 51.4 Å². The topological polar surface area (TPSA) is 67.2 Å². The van der Waals surface area contributed by atoms with Gasteiger partial charge in [0.1, 0.15) is 11.1 Å². The van der Waals surface area contributed by atoms with Crippen molar-refractivity contribution in [3.63, 3.8) is 0 Å². The molecule has 0 amide bonds. The summed E-state index contributed by atoms with van der Waals surface area (Å²) in [4.78, 5) is 10.7. The van der Waals surface area contributed by atoms with Crippen molar-refractivity contribution in [2.24, 2.45) is 0 Å². The number of aromatic nitrogens is 2. The standard InChI is InChI=1S/C11H12N2O3S.K/c1-2-16-8-3-4-9-7(5-8)6-13(12-9)10(17)11(14)15;/h3-6,10,17H,2H2,1H3,(H,14,15);/q;+1/p-1. The van der Waals surface area contributed by atoms with E-state index in [1.54, 1.807) is 24.4 Å². The van der Waals surface area contributed by atoms with Gasteiger partial charge in [-0.05, 0) is 25.1 Å². The maximum absolute atomic E-state index is 10.7. The Hall–Kier alpha value is -0.0536. The molecule has 0 bridgehead atoms. The number of nitrogens with zero attached hydrogens (tertiary/aromatic N) is 2. The fourth-order valence-corrected chi connectivity index (χ4v) is 1.63. The quantitative estimate of drug-likeness (QED) is 0.504. The molecule has 5 nitrogen and oxygen atoms in total. The van der Waals surface area contributed by atoms with Crippen LogP contribution in [0.15, 0.2) is 24.4 Å². The second-order valence-electron chi connectivity index (χ2n) is 3.46. The molecule has 0 saturated heterocycles. The number of fused-ring (bicyclic) bond motifs is 1. The van der Waals surface area contributed by atoms with Crippen LogP contribution < -0.4 is 61.2 Å². The molecular weight excluding hydrogens is 279 g/mol. The average Bonchev–Trinajstić information content (AvgIpc) is 2.71. The van der Waals surface area contributed by atoms with Gasteiger partial charge in [-0.1, -0.05) is 0 Å². The number of thiol groups is 1. The molecule has 0 aliphatic rings. The molecule has 1 atom stereocenters. The van der Waals surface area contributed by atoms with Gasteiger partial charge in [0.15, 0.2) is 0 Å². The van der Waals surface area contributed by atoms with E-state index in [1.165, 1.54) is 4.68 Å². The Kier molecular flexibility index (Phi) is 6.16. The van der Waals surface area contributed by atoms with Crippen molar-refractivity contribution in [3.8, 4) is 5.75 Å². The van der Waals surface area contributed by atoms with Gasteiger partial charge in [-0.15, -0.1) is 12.6 Å². The van der Waals surface area contributed by atoms with Crippen LogP contribution in [0.25, 0.3) is 10.9 Å². The van der Waals surface area contributed by atoms with Gasteiger partial charge in [0.25, 0.3) is 0 Å². The van der Waals surface area contributed by atoms with Crippen molar-refractivity contribution in [2.45, 2.75) is 12.3 Å². The van der Waals surface area contributed by atoms with Crippen molar-refractivity contribution in [2.75, 3.05) is 6.61 Å². The SMILES string of the molecule is CCOc1ccc2nn(C(S)C(=O)[O-])cc2c1.[K+]. The number of benzene rings is 1. The zero-order valence-corrected chi connectivity index (χ0v) is 14.2. The minimum atomic E-state index is -1.29. The van der Waals surface area contributed by atoms with Crippen molar-refractivity contribution in [3.05, 3.63) is 24.4 Å². The molecule has 0 radical (unpaired) electrons. The monoisotopic (exact) mass is 290 g/mol. The molecule has 0 N–H and O–H groups in total. The Morgan fingerprint density at radius 3 is 2.94 bits per heavy atom. The first kappa shape index (κ1) is 16.0. The number of hydrogen-bond donors (Lipinski definition) is 1. The van der Waals surface area contributed by atoms with E-state index in [0.717, 1.165) is 11.1 Å². The molecule has 2 rings (SSSR count). The van der Waals surface area contributed by atoms with Gasteiger partial charge in [0.05, 0.1) is 18.1 Å². The second-order valence-corrected chi connectivity index (χ2v) is 3.94. The Balaban J connectivity index is 0.00000162.